The largest absolute Gasteiger partial charge is 0.356 e. The molecule has 20 heavy (non-hydrogen) atoms. The molecule has 106 valence electrons. The van der Waals surface area contributed by atoms with E-state index in [1.54, 1.807) is 11.6 Å². The van der Waals surface area contributed by atoms with Gasteiger partial charge in [0.2, 0.25) is 5.95 Å². The number of benzene rings is 1. The number of nitrogens with two attached hydrogens (primary N) is 1. The molecule has 0 atom stereocenters. The molecule has 0 aliphatic carbocycles. The van der Waals surface area contributed by atoms with Gasteiger partial charge in [0.15, 0.2) is 0 Å². The summed E-state index contributed by atoms with van der Waals surface area (Å²) in [5.74, 6) is 6.50. The number of nitrogens with zero attached hydrogens (tertiary/aromatic N) is 4. The fraction of sp³-hybridized carbons (Fsp3) is 0.357. The van der Waals surface area contributed by atoms with Crippen molar-refractivity contribution in [1.29, 1.82) is 0 Å². The molecule has 1 heterocycles. The van der Waals surface area contributed by atoms with Crippen LogP contribution in [0.5, 0.6) is 0 Å². The zero-order valence-corrected chi connectivity index (χ0v) is 12.0. The minimum absolute atomic E-state index is 0.233. The molecule has 0 saturated carbocycles. The number of hydrogen-bond acceptors (Lipinski definition) is 5. The summed E-state index contributed by atoms with van der Waals surface area (Å²) in [7, 11) is 1.61. The highest BCUT2D eigenvalue weighted by Crippen LogP contribution is 2.15. The number of rotatable bonds is 4. The summed E-state index contributed by atoms with van der Waals surface area (Å²) < 4.78 is 1.56. The lowest BCUT2D eigenvalue weighted by atomic mass is 10.1. The Bertz CT molecular complexity index is 663. The van der Waals surface area contributed by atoms with Crippen LogP contribution in [0.15, 0.2) is 29.1 Å². The third-order valence-corrected chi connectivity index (χ3v) is 3.12. The van der Waals surface area contributed by atoms with Crippen molar-refractivity contribution in [1.82, 2.24) is 14.5 Å². The molecular weight excluding hydrogens is 254 g/mol. The van der Waals surface area contributed by atoms with E-state index in [1.807, 2.05) is 31.2 Å². The Labute approximate surface area is 117 Å². The summed E-state index contributed by atoms with van der Waals surface area (Å²) >= 11 is 0. The van der Waals surface area contributed by atoms with Crippen molar-refractivity contribution in [2.24, 2.45) is 5.84 Å². The van der Waals surface area contributed by atoms with E-state index in [-0.39, 0.29) is 11.6 Å². The number of anilines is 1. The van der Waals surface area contributed by atoms with Crippen molar-refractivity contribution in [3.63, 3.8) is 0 Å². The molecular formula is C14H19N5O. The number of hydrazine groups is 1. The highest BCUT2D eigenvalue weighted by Gasteiger charge is 2.13. The first-order valence-electron chi connectivity index (χ1n) is 6.65. The average Bonchev–Trinajstić information content (AvgIpc) is 2.46. The lowest BCUT2D eigenvalue weighted by Crippen LogP contribution is -2.34. The predicted molar refractivity (Wildman–Crippen MR) is 79.0 cm³/mol. The number of aromatic nitrogens is 3. The minimum atomic E-state index is -0.356. The van der Waals surface area contributed by atoms with E-state index in [0.29, 0.717) is 12.2 Å². The van der Waals surface area contributed by atoms with E-state index < -0.39 is 0 Å². The molecule has 0 aliphatic rings. The summed E-state index contributed by atoms with van der Waals surface area (Å²) in [6.45, 7) is 4.01. The van der Waals surface area contributed by atoms with Crippen LogP contribution in [0.3, 0.4) is 0 Å². The van der Waals surface area contributed by atoms with Crippen LogP contribution in [0, 0.1) is 0 Å². The molecule has 0 saturated heterocycles. The second-order valence-electron chi connectivity index (χ2n) is 4.50. The lowest BCUT2D eigenvalue weighted by Gasteiger charge is -2.16. The molecule has 0 spiro atoms. The minimum Gasteiger partial charge on any atom is -0.282 e. The van der Waals surface area contributed by atoms with Gasteiger partial charge in [-0.05, 0) is 18.1 Å². The first kappa shape index (κ1) is 14.2. The van der Waals surface area contributed by atoms with E-state index in [0.717, 1.165) is 17.7 Å². The second kappa shape index (κ2) is 5.83. The Balaban J connectivity index is 2.71. The van der Waals surface area contributed by atoms with Crippen molar-refractivity contribution < 1.29 is 0 Å². The van der Waals surface area contributed by atoms with Crippen molar-refractivity contribution >= 4 is 5.95 Å². The molecule has 6 heteroatoms. The highest BCUT2D eigenvalue weighted by molar-refractivity contribution is 5.42. The van der Waals surface area contributed by atoms with Gasteiger partial charge in [0, 0.05) is 13.5 Å². The van der Waals surface area contributed by atoms with Crippen molar-refractivity contribution in [3.05, 3.63) is 46.1 Å². The molecule has 0 fully saturated rings. The van der Waals surface area contributed by atoms with Crippen LogP contribution in [0.1, 0.15) is 25.2 Å². The van der Waals surface area contributed by atoms with Crippen LogP contribution in [0.4, 0.5) is 5.95 Å². The molecule has 1 aromatic heterocycles. The van der Waals surface area contributed by atoms with Gasteiger partial charge >= 0.3 is 5.69 Å². The van der Waals surface area contributed by atoms with Gasteiger partial charge in [-0.2, -0.15) is 9.97 Å². The van der Waals surface area contributed by atoms with Crippen LogP contribution in [0.2, 0.25) is 0 Å². The summed E-state index contributed by atoms with van der Waals surface area (Å²) in [6, 6.07) is 7.78. The maximum atomic E-state index is 12.3. The van der Waals surface area contributed by atoms with Gasteiger partial charge in [-0.15, -0.1) is 0 Å². The maximum Gasteiger partial charge on any atom is 0.356 e. The van der Waals surface area contributed by atoms with Crippen LogP contribution >= 0.6 is 0 Å². The molecule has 6 nitrogen and oxygen atoms in total. The molecule has 0 bridgehead atoms. The van der Waals surface area contributed by atoms with Gasteiger partial charge in [-0.3, -0.25) is 5.01 Å². The van der Waals surface area contributed by atoms with Crippen LogP contribution in [-0.4, -0.2) is 21.6 Å². The molecule has 2 aromatic rings. The van der Waals surface area contributed by atoms with E-state index in [1.165, 1.54) is 5.01 Å². The molecule has 0 unspecified atom stereocenters. The van der Waals surface area contributed by atoms with Crippen LogP contribution in [0.25, 0.3) is 5.69 Å². The first-order valence-corrected chi connectivity index (χ1v) is 6.65. The van der Waals surface area contributed by atoms with E-state index in [4.69, 9.17) is 5.84 Å². The van der Waals surface area contributed by atoms with Crippen molar-refractivity contribution in [2.75, 3.05) is 12.1 Å². The number of aryl methyl sites for hydroxylation is 2. The van der Waals surface area contributed by atoms with Gasteiger partial charge in [0.05, 0.1) is 5.69 Å². The summed E-state index contributed by atoms with van der Waals surface area (Å²) in [5, 5.41) is 1.25. The Kier molecular flexibility index (Phi) is 4.14. The highest BCUT2D eigenvalue weighted by atomic mass is 16.1. The van der Waals surface area contributed by atoms with Gasteiger partial charge in [0.1, 0.15) is 5.82 Å². The van der Waals surface area contributed by atoms with Crippen molar-refractivity contribution in [3.8, 4) is 5.69 Å². The molecule has 2 rings (SSSR count). The van der Waals surface area contributed by atoms with Crippen LogP contribution in [-0.2, 0) is 12.8 Å². The topological polar surface area (TPSA) is 77.0 Å². The number of hydrogen-bond donors (Lipinski definition) is 1. The van der Waals surface area contributed by atoms with Gasteiger partial charge in [-0.1, -0.05) is 32.0 Å². The Morgan fingerprint density at radius 1 is 1.20 bits per heavy atom. The SMILES string of the molecule is CCc1ccccc1-n1c(CC)nc(N(C)N)nc1=O. The van der Waals surface area contributed by atoms with E-state index >= 15 is 0 Å². The Morgan fingerprint density at radius 2 is 1.90 bits per heavy atom. The van der Waals surface area contributed by atoms with E-state index in [9.17, 15) is 4.79 Å². The number of para-hydroxylation sites is 1. The fourth-order valence-corrected chi connectivity index (χ4v) is 2.10. The quantitative estimate of drug-likeness (QED) is 0.666. The normalized spacial score (nSPS) is 10.6. The summed E-state index contributed by atoms with van der Waals surface area (Å²) in [5.41, 5.74) is 1.56. The lowest BCUT2D eigenvalue weighted by molar-refractivity contribution is 0.744. The summed E-state index contributed by atoms with van der Waals surface area (Å²) in [4.78, 5) is 20.6. The molecule has 2 N–H and O–H groups in total. The third kappa shape index (κ3) is 2.55. The zero-order valence-electron chi connectivity index (χ0n) is 12.0. The Morgan fingerprint density at radius 3 is 2.50 bits per heavy atom. The van der Waals surface area contributed by atoms with E-state index in [2.05, 4.69) is 16.9 Å². The molecule has 0 amide bonds. The molecule has 0 aliphatic heterocycles. The van der Waals surface area contributed by atoms with Crippen LogP contribution < -0.4 is 16.5 Å². The average molecular weight is 273 g/mol. The van der Waals surface area contributed by atoms with Gasteiger partial charge < -0.3 is 0 Å². The summed E-state index contributed by atoms with van der Waals surface area (Å²) in [6.07, 6.45) is 1.46. The smallest absolute Gasteiger partial charge is 0.282 e. The van der Waals surface area contributed by atoms with Crippen molar-refractivity contribution in [2.45, 2.75) is 26.7 Å². The maximum absolute atomic E-state index is 12.3. The first-order chi connectivity index (χ1) is 9.58. The molecule has 0 radical (unpaired) electrons. The molecule has 1 aromatic carbocycles. The third-order valence-electron chi connectivity index (χ3n) is 3.12. The predicted octanol–water partition coefficient (Wildman–Crippen LogP) is 1.06. The fourth-order valence-electron chi connectivity index (χ4n) is 2.10. The Hall–Kier alpha value is -2.21. The second-order valence-corrected chi connectivity index (χ2v) is 4.50. The van der Waals surface area contributed by atoms with Gasteiger partial charge in [0.25, 0.3) is 0 Å². The zero-order chi connectivity index (χ0) is 14.7. The monoisotopic (exact) mass is 273 g/mol. The van der Waals surface area contributed by atoms with Gasteiger partial charge in [-0.25, -0.2) is 15.2 Å². The standard InChI is InChI=1S/C14H19N5O/c1-4-10-8-6-7-9-11(10)19-12(5-2)16-13(18(3)15)17-14(19)20/h6-9H,4-5,15H2,1-3H3.